The van der Waals surface area contributed by atoms with Crippen LogP contribution in [0.4, 0.5) is 15.9 Å². The third-order valence-electron chi connectivity index (χ3n) is 6.01. The fourth-order valence-corrected chi connectivity index (χ4v) is 4.48. The van der Waals surface area contributed by atoms with Crippen LogP contribution in [0.3, 0.4) is 0 Å². The van der Waals surface area contributed by atoms with Crippen molar-refractivity contribution >= 4 is 40.6 Å². The Labute approximate surface area is 214 Å². The third-order valence-corrected chi connectivity index (χ3v) is 6.42. The smallest absolute Gasteiger partial charge is 0.256 e. The minimum atomic E-state index is -0.779. The molecule has 2 heterocycles. The standard InChI is InChI=1S/C27H27FN4O3S/c1-18-5-7-19(8-6-18)4-3-15-31-23(16-25(33)30-24-14-13-22(35-2)17-29-24)26(34)32(27(31)36)21-11-9-20(28)10-12-21/h5-14,17,23H,3-4,15-16H2,1-2H3,(H,29,30,33). The number of nitrogens with zero attached hydrogens (tertiary/aromatic N) is 3. The van der Waals surface area contributed by atoms with Crippen LogP contribution in [0.25, 0.3) is 0 Å². The number of pyridine rings is 1. The van der Waals surface area contributed by atoms with Crippen LogP contribution in [-0.4, -0.2) is 46.5 Å². The molecule has 1 unspecified atom stereocenters. The normalized spacial score (nSPS) is 15.4. The highest BCUT2D eigenvalue weighted by molar-refractivity contribution is 7.80. The van der Waals surface area contributed by atoms with E-state index in [1.807, 2.05) is 6.92 Å². The summed E-state index contributed by atoms with van der Waals surface area (Å²) in [5.74, 6) is -0.165. The Morgan fingerprint density at radius 1 is 1.11 bits per heavy atom. The van der Waals surface area contributed by atoms with Gasteiger partial charge in [0.15, 0.2) is 5.11 Å². The van der Waals surface area contributed by atoms with Crippen molar-refractivity contribution in [3.05, 3.63) is 83.8 Å². The molecule has 9 heteroatoms. The van der Waals surface area contributed by atoms with E-state index in [1.54, 1.807) is 17.0 Å². The molecule has 186 valence electrons. The number of carbonyl (C=O) groups excluding carboxylic acids is 2. The number of rotatable bonds is 9. The van der Waals surface area contributed by atoms with Crippen LogP contribution >= 0.6 is 12.2 Å². The lowest BCUT2D eigenvalue weighted by molar-refractivity contribution is -0.124. The average molecular weight is 507 g/mol. The van der Waals surface area contributed by atoms with Crippen molar-refractivity contribution in [2.75, 3.05) is 23.9 Å². The van der Waals surface area contributed by atoms with E-state index in [-0.39, 0.29) is 18.2 Å². The quantitative estimate of drug-likeness (QED) is 0.431. The number of ether oxygens (including phenoxy) is 1. The van der Waals surface area contributed by atoms with Gasteiger partial charge >= 0.3 is 0 Å². The molecule has 3 aromatic rings. The summed E-state index contributed by atoms with van der Waals surface area (Å²) in [5.41, 5.74) is 2.85. The van der Waals surface area contributed by atoms with E-state index in [1.165, 1.54) is 53.6 Å². The Bertz CT molecular complexity index is 1230. The lowest BCUT2D eigenvalue weighted by Crippen LogP contribution is -2.38. The van der Waals surface area contributed by atoms with Gasteiger partial charge in [-0.2, -0.15) is 0 Å². The Kier molecular flexibility index (Phi) is 7.90. The largest absolute Gasteiger partial charge is 0.495 e. The molecule has 4 rings (SSSR count). The molecule has 0 radical (unpaired) electrons. The van der Waals surface area contributed by atoms with Crippen molar-refractivity contribution in [2.45, 2.75) is 32.2 Å². The zero-order valence-electron chi connectivity index (χ0n) is 20.1. The number of methoxy groups -OCH3 is 1. The van der Waals surface area contributed by atoms with Gasteiger partial charge in [-0.3, -0.25) is 14.5 Å². The molecular weight excluding hydrogens is 479 g/mol. The van der Waals surface area contributed by atoms with Crippen LogP contribution in [-0.2, 0) is 16.0 Å². The number of hydrogen-bond acceptors (Lipinski definition) is 5. The lowest BCUT2D eigenvalue weighted by atomic mass is 10.1. The highest BCUT2D eigenvalue weighted by Gasteiger charge is 2.43. The first-order valence-electron chi connectivity index (χ1n) is 11.6. The van der Waals surface area contributed by atoms with Crippen molar-refractivity contribution in [3.63, 3.8) is 0 Å². The third kappa shape index (κ3) is 5.85. The summed E-state index contributed by atoms with van der Waals surface area (Å²) >= 11 is 5.67. The Balaban J connectivity index is 1.49. The molecule has 0 saturated carbocycles. The molecule has 1 atom stereocenters. The number of nitrogens with one attached hydrogen (secondary N) is 1. The minimum Gasteiger partial charge on any atom is -0.495 e. The van der Waals surface area contributed by atoms with Gasteiger partial charge < -0.3 is 15.0 Å². The van der Waals surface area contributed by atoms with E-state index in [0.29, 0.717) is 28.9 Å². The average Bonchev–Trinajstić information content (AvgIpc) is 3.10. The number of thiocarbonyl (C=S) groups is 1. The molecule has 1 aromatic heterocycles. The van der Waals surface area contributed by atoms with Crippen LogP contribution in [0.1, 0.15) is 24.0 Å². The molecule has 36 heavy (non-hydrogen) atoms. The second kappa shape index (κ2) is 11.3. The maximum atomic E-state index is 13.5. The Morgan fingerprint density at radius 3 is 2.47 bits per heavy atom. The molecule has 7 nitrogen and oxygen atoms in total. The number of benzene rings is 2. The van der Waals surface area contributed by atoms with Crippen molar-refractivity contribution in [2.24, 2.45) is 0 Å². The van der Waals surface area contributed by atoms with E-state index in [2.05, 4.69) is 34.6 Å². The summed E-state index contributed by atoms with van der Waals surface area (Å²) in [4.78, 5) is 33.6. The minimum absolute atomic E-state index is 0.102. The number of halogens is 1. The summed E-state index contributed by atoms with van der Waals surface area (Å²) in [6.45, 7) is 2.54. The topological polar surface area (TPSA) is 74.8 Å². The summed E-state index contributed by atoms with van der Waals surface area (Å²) in [6, 6.07) is 16.4. The van der Waals surface area contributed by atoms with Gasteiger partial charge in [-0.15, -0.1) is 0 Å². The first kappa shape index (κ1) is 25.2. The maximum absolute atomic E-state index is 13.5. The van der Waals surface area contributed by atoms with Gasteiger partial charge in [0.25, 0.3) is 5.91 Å². The van der Waals surface area contributed by atoms with Crippen molar-refractivity contribution < 1.29 is 18.7 Å². The summed E-state index contributed by atoms with van der Waals surface area (Å²) in [6.07, 6.45) is 2.94. The molecule has 1 N–H and O–H groups in total. The number of hydrogen-bond donors (Lipinski definition) is 1. The summed E-state index contributed by atoms with van der Waals surface area (Å²) in [7, 11) is 1.53. The molecule has 2 amide bonds. The van der Waals surface area contributed by atoms with Crippen LogP contribution in [0.15, 0.2) is 66.9 Å². The van der Waals surface area contributed by atoms with Crippen LogP contribution in [0.2, 0.25) is 0 Å². The van der Waals surface area contributed by atoms with Gasteiger partial charge in [0, 0.05) is 6.54 Å². The van der Waals surface area contributed by atoms with Gasteiger partial charge in [-0.1, -0.05) is 29.8 Å². The molecule has 0 bridgehead atoms. The SMILES string of the molecule is COc1ccc(NC(=O)CC2C(=O)N(c3ccc(F)cc3)C(=S)N2CCCc2ccc(C)cc2)nc1. The molecule has 0 aliphatic carbocycles. The summed E-state index contributed by atoms with van der Waals surface area (Å²) < 4.78 is 18.6. The van der Waals surface area contributed by atoms with Crippen LogP contribution in [0, 0.1) is 12.7 Å². The van der Waals surface area contributed by atoms with Crippen molar-refractivity contribution in [1.29, 1.82) is 0 Å². The Morgan fingerprint density at radius 2 is 1.83 bits per heavy atom. The molecule has 2 aromatic carbocycles. The van der Waals surface area contributed by atoms with Gasteiger partial charge in [-0.05, 0) is 73.9 Å². The second-order valence-corrected chi connectivity index (χ2v) is 8.93. The molecule has 1 aliphatic heterocycles. The van der Waals surface area contributed by atoms with Gasteiger partial charge in [0.05, 0.1) is 25.4 Å². The molecule has 0 spiro atoms. The molecule has 1 saturated heterocycles. The van der Waals surface area contributed by atoms with Gasteiger partial charge in [0.2, 0.25) is 5.91 Å². The van der Waals surface area contributed by atoms with Crippen LogP contribution in [0.5, 0.6) is 5.75 Å². The van der Waals surface area contributed by atoms with Crippen LogP contribution < -0.4 is 15.0 Å². The highest BCUT2D eigenvalue weighted by Crippen LogP contribution is 2.28. The van der Waals surface area contributed by atoms with E-state index >= 15 is 0 Å². The van der Waals surface area contributed by atoms with E-state index in [9.17, 15) is 14.0 Å². The zero-order valence-corrected chi connectivity index (χ0v) is 20.9. The number of amides is 2. The molecular formula is C27H27FN4O3S. The maximum Gasteiger partial charge on any atom is 0.256 e. The van der Waals surface area contributed by atoms with Gasteiger partial charge in [-0.25, -0.2) is 9.37 Å². The molecule has 1 aliphatic rings. The molecule has 1 fully saturated rings. The zero-order chi connectivity index (χ0) is 25.7. The number of aryl methyl sites for hydroxylation is 2. The van der Waals surface area contributed by atoms with Crippen molar-refractivity contribution in [3.8, 4) is 5.75 Å². The highest BCUT2D eigenvalue weighted by atomic mass is 32.1. The van der Waals surface area contributed by atoms with Gasteiger partial charge in [0.1, 0.15) is 23.4 Å². The number of aromatic nitrogens is 1. The van der Waals surface area contributed by atoms with E-state index in [4.69, 9.17) is 17.0 Å². The predicted molar refractivity (Wildman–Crippen MR) is 141 cm³/mol. The first-order valence-corrected chi connectivity index (χ1v) is 12.0. The number of anilines is 2. The second-order valence-electron chi connectivity index (χ2n) is 8.57. The predicted octanol–water partition coefficient (Wildman–Crippen LogP) is 4.50. The Hall–Kier alpha value is -3.85. The fourth-order valence-electron chi connectivity index (χ4n) is 4.07. The number of carbonyl (C=O) groups is 2. The fraction of sp³-hybridized carbons (Fsp3) is 0.259. The first-order chi connectivity index (χ1) is 17.4. The lowest BCUT2D eigenvalue weighted by Gasteiger charge is -2.24. The van der Waals surface area contributed by atoms with Crippen molar-refractivity contribution in [1.82, 2.24) is 9.88 Å². The van der Waals surface area contributed by atoms with E-state index in [0.717, 1.165) is 12.8 Å². The summed E-state index contributed by atoms with van der Waals surface area (Å²) in [5, 5.41) is 3.03. The monoisotopic (exact) mass is 506 g/mol. The van der Waals surface area contributed by atoms with E-state index < -0.39 is 11.9 Å².